The van der Waals surface area contributed by atoms with Gasteiger partial charge in [0.15, 0.2) is 0 Å². The standard InChI is InChI=1S/C28H25N2O.C18H24NSi.Ir/c1-16(2)20-13-14-29-24(15-20)21-10-9-19(5)26-22-11-12-23(30-28(22)31-27(21)26)25-17(3)7-6-8-18(25)4;1-14(2)11-16-12-17(15-9-7-6-8-10-15)19-13-18(16)20(3,4)5;/h6-9,11-16H,1-5H3;6-9,12-14H,11H2,1-5H3;/q2*-1;. The number of fused-ring (bicyclic) bond motifs is 3. The first kappa shape index (κ1) is 39.0. The van der Waals surface area contributed by atoms with E-state index in [0.29, 0.717) is 17.5 Å². The van der Waals surface area contributed by atoms with Crippen LogP contribution >= 0.6 is 0 Å². The molecule has 6 heteroatoms. The maximum atomic E-state index is 6.38. The Morgan fingerprint density at radius 3 is 2.17 bits per heavy atom. The van der Waals surface area contributed by atoms with Gasteiger partial charge >= 0.3 is 0 Å². The molecule has 52 heavy (non-hydrogen) atoms. The fourth-order valence-electron chi connectivity index (χ4n) is 6.84. The van der Waals surface area contributed by atoms with E-state index in [4.69, 9.17) is 9.40 Å². The number of benzene rings is 3. The van der Waals surface area contributed by atoms with Crippen LogP contribution in [0, 0.1) is 38.8 Å². The van der Waals surface area contributed by atoms with E-state index in [1.807, 2.05) is 30.5 Å². The van der Waals surface area contributed by atoms with E-state index in [1.54, 1.807) is 0 Å². The van der Waals surface area contributed by atoms with E-state index < -0.39 is 8.07 Å². The topological polar surface area (TPSA) is 51.8 Å². The summed E-state index contributed by atoms with van der Waals surface area (Å²) in [6.07, 6.45) is 5.10. The summed E-state index contributed by atoms with van der Waals surface area (Å²) >= 11 is 0. The van der Waals surface area contributed by atoms with Crippen LogP contribution in [0.1, 0.15) is 61.4 Å². The van der Waals surface area contributed by atoms with Crippen LogP contribution in [-0.4, -0.2) is 23.0 Å². The van der Waals surface area contributed by atoms with Gasteiger partial charge in [-0.2, -0.15) is 0 Å². The summed E-state index contributed by atoms with van der Waals surface area (Å²) in [5.41, 5.74) is 13.7. The van der Waals surface area contributed by atoms with Gasteiger partial charge in [0.2, 0.25) is 5.71 Å². The minimum Gasteiger partial charge on any atom is -0.486 e. The van der Waals surface area contributed by atoms with Crippen molar-refractivity contribution in [2.75, 3.05) is 0 Å². The first-order valence-corrected chi connectivity index (χ1v) is 21.6. The zero-order valence-corrected chi connectivity index (χ0v) is 35.5. The van der Waals surface area contributed by atoms with Crippen LogP contribution in [0.3, 0.4) is 0 Å². The van der Waals surface area contributed by atoms with E-state index in [0.717, 1.165) is 56.5 Å². The smallest absolute Gasteiger partial charge is 0.216 e. The van der Waals surface area contributed by atoms with Gasteiger partial charge in [-0.15, -0.1) is 53.6 Å². The van der Waals surface area contributed by atoms with E-state index >= 15 is 0 Å². The molecule has 269 valence electrons. The summed E-state index contributed by atoms with van der Waals surface area (Å²) < 4.78 is 6.38. The Labute approximate surface area is 324 Å². The van der Waals surface area contributed by atoms with Crippen LogP contribution in [0.5, 0.6) is 0 Å². The number of nitrogens with zero attached hydrogens (tertiary/aromatic N) is 3. The zero-order chi connectivity index (χ0) is 36.4. The maximum absolute atomic E-state index is 6.38. The molecule has 0 spiro atoms. The molecular weight excluding hydrogens is 831 g/mol. The van der Waals surface area contributed by atoms with Crippen molar-refractivity contribution >= 4 is 35.3 Å². The molecule has 7 rings (SSSR count). The normalized spacial score (nSPS) is 11.5. The molecule has 0 bridgehead atoms. The van der Waals surface area contributed by atoms with Crippen molar-refractivity contribution < 1.29 is 24.5 Å². The Morgan fingerprint density at radius 2 is 1.52 bits per heavy atom. The molecule has 4 nitrogen and oxygen atoms in total. The Balaban J connectivity index is 0.000000217. The number of rotatable bonds is 7. The summed E-state index contributed by atoms with van der Waals surface area (Å²) in [6.45, 7) is 22.4. The summed E-state index contributed by atoms with van der Waals surface area (Å²) in [7, 11) is -1.34. The molecule has 0 amide bonds. The quantitative estimate of drug-likeness (QED) is 0.118. The number of aryl methyl sites for hydroxylation is 3. The van der Waals surface area contributed by atoms with Crippen molar-refractivity contribution in [3.8, 4) is 33.8 Å². The summed E-state index contributed by atoms with van der Waals surface area (Å²) in [5, 5.41) is 3.60. The second-order valence-corrected chi connectivity index (χ2v) is 20.5. The number of aromatic nitrogens is 3. The van der Waals surface area contributed by atoms with E-state index in [-0.39, 0.29) is 20.1 Å². The van der Waals surface area contributed by atoms with Crippen LogP contribution in [-0.2, 0) is 26.5 Å². The van der Waals surface area contributed by atoms with Gasteiger partial charge in [-0.05, 0) is 78.0 Å². The predicted molar refractivity (Wildman–Crippen MR) is 217 cm³/mol. The van der Waals surface area contributed by atoms with Gasteiger partial charge < -0.3 is 14.4 Å². The first-order chi connectivity index (χ1) is 24.3. The van der Waals surface area contributed by atoms with Gasteiger partial charge in [0.05, 0.1) is 19.4 Å². The van der Waals surface area contributed by atoms with Gasteiger partial charge in [0.1, 0.15) is 0 Å². The monoisotopic (exact) mass is 880 g/mol. The number of hydrogen-bond acceptors (Lipinski definition) is 4. The average molecular weight is 880 g/mol. The van der Waals surface area contributed by atoms with Crippen molar-refractivity contribution in [1.29, 1.82) is 0 Å². The van der Waals surface area contributed by atoms with E-state index in [2.05, 4.69) is 151 Å². The molecule has 1 radical (unpaired) electrons. The summed E-state index contributed by atoms with van der Waals surface area (Å²) in [5.74, 6) is 1.10. The van der Waals surface area contributed by atoms with Gasteiger partial charge in [0.25, 0.3) is 0 Å². The molecule has 3 aromatic carbocycles. The van der Waals surface area contributed by atoms with Crippen LogP contribution in [0.25, 0.3) is 55.8 Å². The molecule has 4 aromatic heterocycles. The van der Waals surface area contributed by atoms with Crippen LogP contribution < -0.4 is 5.19 Å². The first-order valence-electron chi connectivity index (χ1n) is 18.1. The molecule has 0 aliphatic carbocycles. The molecule has 7 aromatic rings. The third-order valence-corrected chi connectivity index (χ3v) is 11.5. The minimum absolute atomic E-state index is 0. The fourth-order valence-corrected chi connectivity index (χ4v) is 8.43. The number of pyridine rings is 3. The van der Waals surface area contributed by atoms with Gasteiger partial charge in [-0.25, -0.2) is 4.98 Å². The minimum atomic E-state index is -1.34. The summed E-state index contributed by atoms with van der Waals surface area (Å²) in [4.78, 5) is 14.2. The Hall–Kier alpha value is -4.22. The number of hydrogen-bond donors (Lipinski definition) is 0. The van der Waals surface area contributed by atoms with Crippen molar-refractivity contribution in [2.24, 2.45) is 5.92 Å². The van der Waals surface area contributed by atoms with Crippen molar-refractivity contribution in [2.45, 2.75) is 80.4 Å². The molecule has 0 saturated carbocycles. The predicted octanol–water partition coefficient (Wildman–Crippen LogP) is 11.8. The summed E-state index contributed by atoms with van der Waals surface area (Å²) in [6, 6.07) is 33.8. The SMILES string of the molecule is CC(C)Cc1cc(-c2[c-]cccc2)ncc1[Si](C)(C)C.Cc1cccc(C)c1-c1ccc2c(n1)oc1c(-c3cc(C(C)C)ccn3)[c-]cc(C)c12.[Ir]. The Morgan fingerprint density at radius 1 is 0.769 bits per heavy atom. The number of furan rings is 1. The van der Waals surface area contributed by atoms with E-state index in [9.17, 15) is 0 Å². The van der Waals surface area contributed by atoms with Crippen LogP contribution in [0.4, 0.5) is 0 Å². The molecule has 0 saturated heterocycles. The van der Waals surface area contributed by atoms with E-state index in [1.165, 1.54) is 33.0 Å². The molecule has 0 N–H and O–H groups in total. The second kappa shape index (κ2) is 16.2. The molecular formula is C46H49IrN3OSi-2. The zero-order valence-electron chi connectivity index (χ0n) is 32.1. The van der Waals surface area contributed by atoms with Crippen molar-refractivity contribution in [3.05, 3.63) is 131 Å². The maximum Gasteiger partial charge on any atom is 0.216 e. The molecule has 0 fully saturated rings. The van der Waals surface area contributed by atoms with Crippen LogP contribution in [0.15, 0.2) is 95.7 Å². The van der Waals surface area contributed by atoms with Gasteiger partial charge in [-0.3, -0.25) is 0 Å². The van der Waals surface area contributed by atoms with Gasteiger partial charge in [0, 0.05) is 43.4 Å². The molecule has 0 unspecified atom stereocenters. The average Bonchev–Trinajstić information content (AvgIpc) is 3.48. The van der Waals surface area contributed by atoms with Crippen LogP contribution in [0.2, 0.25) is 19.6 Å². The Bertz CT molecular complexity index is 2300. The molecule has 0 atom stereocenters. The van der Waals surface area contributed by atoms with Crippen molar-refractivity contribution in [3.63, 3.8) is 0 Å². The second-order valence-electron chi connectivity index (χ2n) is 15.4. The van der Waals surface area contributed by atoms with Gasteiger partial charge in [-0.1, -0.05) is 107 Å². The third kappa shape index (κ3) is 8.36. The molecule has 0 aliphatic rings. The Kier molecular flexibility index (Phi) is 12.2. The largest absolute Gasteiger partial charge is 0.486 e. The molecule has 4 heterocycles. The third-order valence-electron chi connectivity index (χ3n) is 9.46. The van der Waals surface area contributed by atoms with Crippen molar-refractivity contribution in [1.82, 2.24) is 15.0 Å². The molecule has 0 aliphatic heterocycles. The fraction of sp³-hybridized carbons (Fsp3) is 0.283.